The Morgan fingerprint density at radius 1 is 0.941 bits per heavy atom. The number of benzene rings is 2. The highest BCUT2D eigenvalue weighted by Gasteiger charge is 2.13. The van der Waals surface area contributed by atoms with Crippen LogP contribution in [0.5, 0.6) is 5.75 Å². The van der Waals surface area contributed by atoms with Crippen LogP contribution < -0.4 is 10.1 Å². The zero-order valence-electron chi connectivity index (χ0n) is 9.65. The van der Waals surface area contributed by atoms with Crippen LogP contribution in [-0.4, -0.2) is 13.2 Å². The Labute approximate surface area is 101 Å². The van der Waals surface area contributed by atoms with E-state index >= 15 is 0 Å². The Morgan fingerprint density at radius 2 is 1.82 bits per heavy atom. The van der Waals surface area contributed by atoms with Gasteiger partial charge in [0.1, 0.15) is 12.4 Å². The van der Waals surface area contributed by atoms with Crippen LogP contribution in [0.15, 0.2) is 48.5 Å². The van der Waals surface area contributed by atoms with Crippen molar-refractivity contribution < 1.29 is 4.74 Å². The van der Waals surface area contributed by atoms with Crippen LogP contribution >= 0.6 is 0 Å². The molecule has 2 heteroatoms. The van der Waals surface area contributed by atoms with Crippen molar-refractivity contribution in [2.45, 2.75) is 6.54 Å². The van der Waals surface area contributed by atoms with Gasteiger partial charge in [-0.3, -0.25) is 0 Å². The highest BCUT2D eigenvalue weighted by molar-refractivity contribution is 5.72. The number of nitrogens with one attached hydrogen (secondary N) is 1. The molecule has 1 aliphatic rings. The van der Waals surface area contributed by atoms with Gasteiger partial charge in [-0.25, -0.2) is 0 Å². The monoisotopic (exact) mass is 225 g/mol. The van der Waals surface area contributed by atoms with Gasteiger partial charge in [-0.1, -0.05) is 48.5 Å². The fraction of sp³-hybridized carbons (Fsp3) is 0.200. The third-order valence-electron chi connectivity index (χ3n) is 3.02. The Hall–Kier alpha value is -1.80. The second kappa shape index (κ2) is 4.60. The molecule has 86 valence electrons. The molecule has 0 atom stereocenters. The SMILES string of the molecule is c1ccc(-c2cccc3c2OCCNC3)cc1. The average Bonchev–Trinajstić information content (AvgIpc) is 2.64. The molecule has 17 heavy (non-hydrogen) atoms. The van der Waals surface area contributed by atoms with Crippen molar-refractivity contribution in [1.29, 1.82) is 0 Å². The number of para-hydroxylation sites is 1. The molecule has 0 unspecified atom stereocenters. The molecule has 2 aromatic rings. The average molecular weight is 225 g/mol. The summed E-state index contributed by atoms with van der Waals surface area (Å²) in [5, 5.41) is 3.36. The van der Waals surface area contributed by atoms with Crippen LogP contribution in [0.4, 0.5) is 0 Å². The Kier molecular flexibility index (Phi) is 2.80. The third-order valence-corrected chi connectivity index (χ3v) is 3.02. The van der Waals surface area contributed by atoms with Gasteiger partial charge in [0.2, 0.25) is 0 Å². The van der Waals surface area contributed by atoms with E-state index < -0.39 is 0 Å². The van der Waals surface area contributed by atoms with Crippen LogP contribution in [0.2, 0.25) is 0 Å². The van der Waals surface area contributed by atoms with Crippen molar-refractivity contribution in [3.05, 3.63) is 54.1 Å². The number of hydrogen-bond acceptors (Lipinski definition) is 2. The summed E-state index contributed by atoms with van der Waals surface area (Å²) in [7, 11) is 0. The molecule has 2 aromatic carbocycles. The van der Waals surface area contributed by atoms with Gasteiger partial charge in [-0.2, -0.15) is 0 Å². The normalized spacial score (nSPS) is 14.6. The van der Waals surface area contributed by atoms with Gasteiger partial charge >= 0.3 is 0 Å². The van der Waals surface area contributed by atoms with Crippen LogP contribution in [0, 0.1) is 0 Å². The van der Waals surface area contributed by atoms with Gasteiger partial charge in [-0.05, 0) is 5.56 Å². The minimum Gasteiger partial charge on any atom is -0.491 e. The van der Waals surface area contributed by atoms with E-state index in [9.17, 15) is 0 Å². The largest absolute Gasteiger partial charge is 0.491 e. The molecule has 0 bridgehead atoms. The van der Waals surface area contributed by atoms with Crippen molar-refractivity contribution in [2.24, 2.45) is 0 Å². The molecule has 1 heterocycles. The minimum atomic E-state index is 0.733. The van der Waals surface area contributed by atoms with E-state index in [1.807, 2.05) is 6.07 Å². The second-order valence-corrected chi connectivity index (χ2v) is 4.19. The molecule has 0 saturated heterocycles. The number of fused-ring (bicyclic) bond motifs is 1. The number of hydrogen-bond donors (Lipinski definition) is 1. The van der Waals surface area contributed by atoms with Gasteiger partial charge < -0.3 is 10.1 Å². The topological polar surface area (TPSA) is 21.3 Å². The van der Waals surface area contributed by atoms with E-state index in [1.54, 1.807) is 0 Å². The summed E-state index contributed by atoms with van der Waals surface area (Å²) in [6.07, 6.45) is 0. The van der Waals surface area contributed by atoms with Gasteiger partial charge in [0.15, 0.2) is 0 Å². The molecular formula is C15H15NO. The Balaban J connectivity index is 2.11. The van der Waals surface area contributed by atoms with Crippen LogP contribution in [0.1, 0.15) is 5.56 Å². The first-order chi connectivity index (χ1) is 8.45. The molecule has 2 nitrogen and oxygen atoms in total. The number of ether oxygens (including phenoxy) is 1. The van der Waals surface area contributed by atoms with Crippen molar-refractivity contribution in [3.63, 3.8) is 0 Å². The minimum absolute atomic E-state index is 0.733. The maximum atomic E-state index is 5.87. The molecule has 0 aromatic heterocycles. The van der Waals surface area contributed by atoms with Gasteiger partial charge in [0.05, 0.1) is 0 Å². The van der Waals surface area contributed by atoms with E-state index in [2.05, 4.69) is 47.8 Å². The van der Waals surface area contributed by atoms with Crippen molar-refractivity contribution >= 4 is 0 Å². The first-order valence-electron chi connectivity index (χ1n) is 5.96. The molecule has 0 radical (unpaired) electrons. The Morgan fingerprint density at radius 3 is 2.71 bits per heavy atom. The number of rotatable bonds is 1. The third kappa shape index (κ3) is 2.04. The zero-order valence-corrected chi connectivity index (χ0v) is 9.65. The quantitative estimate of drug-likeness (QED) is 0.805. The lowest BCUT2D eigenvalue weighted by Gasteiger charge is -2.12. The zero-order chi connectivity index (χ0) is 11.5. The maximum Gasteiger partial charge on any atom is 0.131 e. The highest BCUT2D eigenvalue weighted by atomic mass is 16.5. The second-order valence-electron chi connectivity index (χ2n) is 4.19. The predicted molar refractivity (Wildman–Crippen MR) is 69.1 cm³/mol. The van der Waals surface area contributed by atoms with E-state index in [4.69, 9.17) is 4.74 Å². The summed E-state index contributed by atoms with van der Waals surface area (Å²) >= 11 is 0. The summed E-state index contributed by atoms with van der Waals surface area (Å²) in [4.78, 5) is 0. The fourth-order valence-corrected chi connectivity index (χ4v) is 2.19. The van der Waals surface area contributed by atoms with E-state index in [0.717, 1.165) is 25.4 Å². The lowest BCUT2D eigenvalue weighted by molar-refractivity contribution is 0.327. The molecular weight excluding hydrogens is 210 g/mol. The van der Waals surface area contributed by atoms with Crippen LogP contribution in [-0.2, 0) is 6.54 Å². The van der Waals surface area contributed by atoms with E-state index in [-0.39, 0.29) is 0 Å². The van der Waals surface area contributed by atoms with Gasteiger partial charge in [0.25, 0.3) is 0 Å². The summed E-state index contributed by atoms with van der Waals surface area (Å²) in [6, 6.07) is 16.7. The fourth-order valence-electron chi connectivity index (χ4n) is 2.19. The smallest absolute Gasteiger partial charge is 0.131 e. The Bertz CT molecular complexity index is 508. The van der Waals surface area contributed by atoms with E-state index in [1.165, 1.54) is 16.7 Å². The maximum absolute atomic E-state index is 5.87. The van der Waals surface area contributed by atoms with Crippen molar-refractivity contribution in [1.82, 2.24) is 5.32 Å². The van der Waals surface area contributed by atoms with E-state index in [0.29, 0.717) is 0 Å². The molecule has 1 N–H and O–H groups in total. The summed E-state index contributed by atoms with van der Waals surface area (Å²) in [5.74, 6) is 1.03. The lowest BCUT2D eigenvalue weighted by atomic mass is 10.0. The van der Waals surface area contributed by atoms with Crippen LogP contribution in [0.25, 0.3) is 11.1 Å². The molecule has 0 spiro atoms. The summed E-state index contributed by atoms with van der Waals surface area (Å²) in [5.41, 5.74) is 3.64. The van der Waals surface area contributed by atoms with Crippen molar-refractivity contribution in [2.75, 3.05) is 13.2 Å². The van der Waals surface area contributed by atoms with Crippen molar-refractivity contribution in [3.8, 4) is 16.9 Å². The molecule has 0 fully saturated rings. The summed E-state index contributed by atoms with van der Waals surface area (Å²) < 4.78 is 5.87. The van der Waals surface area contributed by atoms with Gasteiger partial charge in [-0.15, -0.1) is 0 Å². The first-order valence-corrected chi connectivity index (χ1v) is 5.96. The standard InChI is InChI=1S/C15H15NO/c1-2-5-12(6-3-1)14-8-4-7-13-11-16-9-10-17-15(13)14/h1-8,16H,9-11H2. The molecule has 0 saturated carbocycles. The first kappa shape index (κ1) is 10.4. The molecule has 3 rings (SSSR count). The molecule has 0 aliphatic carbocycles. The molecule has 1 aliphatic heterocycles. The summed E-state index contributed by atoms with van der Waals surface area (Å²) in [6.45, 7) is 2.52. The molecule has 0 amide bonds. The highest BCUT2D eigenvalue weighted by Crippen LogP contribution is 2.33. The van der Waals surface area contributed by atoms with Crippen LogP contribution in [0.3, 0.4) is 0 Å². The van der Waals surface area contributed by atoms with Gasteiger partial charge in [0, 0.05) is 24.2 Å². The predicted octanol–water partition coefficient (Wildman–Crippen LogP) is 2.84. The lowest BCUT2D eigenvalue weighted by Crippen LogP contribution is -2.16.